The first kappa shape index (κ1) is 6.35. The van der Waals surface area contributed by atoms with E-state index in [0.717, 1.165) is 6.42 Å². The molecule has 1 unspecified atom stereocenters. The Balaban J connectivity index is 2.22. The lowest BCUT2D eigenvalue weighted by Crippen LogP contribution is -2.28. The first-order valence-electron chi connectivity index (χ1n) is 2.96. The van der Waals surface area contributed by atoms with E-state index in [1.165, 1.54) is 0 Å². The quantitative estimate of drug-likeness (QED) is 0.526. The van der Waals surface area contributed by atoms with Crippen molar-refractivity contribution in [1.82, 2.24) is 5.32 Å². The van der Waals surface area contributed by atoms with E-state index in [9.17, 15) is 4.79 Å². The maximum Gasteiger partial charge on any atom is 0.407 e. The summed E-state index contributed by atoms with van der Waals surface area (Å²) in [6.07, 6.45) is 0.472. The van der Waals surface area contributed by atoms with Crippen LogP contribution in [0.5, 0.6) is 0 Å². The number of nitrogens with two attached hydrogens (primary N) is 1. The SMILES string of the molecule is NCCC1COC(=O)N1. The third-order valence-electron chi connectivity index (χ3n) is 1.25. The summed E-state index contributed by atoms with van der Waals surface area (Å²) in [7, 11) is 0. The second-order valence-corrected chi connectivity index (χ2v) is 2.02. The summed E-state index contributed by atoms with van der Waals surface area (Å²) < 4.78 is 4.61. The van der Waals surface area contributed by atoms with Crippen LogP contribution in [-0.2, 0) is 4.74 Å². The van der Waals surface area contributed by atoms with Gasteiger partial charge >= 0.3 is 6.09 Å². The lowest BCUT2D eigenvalue weighted by atomic mass is 10.2. The van der Waals surface area contributed by atoms with Crippen LogP contribution in [0.3, 0.4) is 0 Å². The molecule has 4 heteroatoms. The fourth-order valence-corrected chi connectivity index (χ4v) is 0.783. The molecule has 4 nitrogen and oxygen atoms in total. The summed E-state index contributed by atoms with van der Waals surface area (Å²) in [6, 6.07) is 0.141. The molecule has 52 valence electrons. The van der Waals surface area contributed by atoms with Gasteiger partial charge < -0.3 is 15.8 Å². The molecule has 1 rings (SSSR count). The number of nitrogens with one attached hydrogen (secondary N) is 1. The summed E-state index contributed by atoms with van der Waals surface area (Å²) in [5, 5.41) is 2.61. The van der Waals surface area contributed by atoms with Crippen LogP contribution in [0.2, 0.25) is 0 Å². The Kier molecular flexibility index (Phi) is 1.89. The van der Waals surface area contributed by atoms with Gasteiger partial charge in [-0.05, 0) is 13.0 Å². The van der Waals surface area contributed by atoms with Gasteiger partial charge in [-0.15, -0.1) is 0 Å². The Bertz CT molecular complexity index is 116. The van der Waals surface area contributed by atoms with Crippen molar-refractivity contribution in [2.45, 2.75) is 12.5 Å². The Morgan fingerprint density at radius 1 is 1.89 bits per heavy atom. The van der Waals surface area contributed by atoms with Crippen molar-refractivity contribution in [2.75, 3.05) is 13.2 Å². The Hall–Kier alpha value is -0.770. The molecule has 3 N–H and O–H groups in total. The standard InChI is InChI=1S/C5H10N2O2/c6-2-1-4-3-9-5(8)7-4/h4H,1-3,6H2,(H,7,8). The van der Waals surface area contributed by atoms with Gasteiger partial charge in [0.05, 0.1) is 6.04 Å². The van der Waals surface area contributed by atoms with Crippen LogP contribution in [0.15, 0.2) is 0 Å². The van der Waals surface area contributed by atoms with Crippen molar-refractivity contribution >= 4 is 6.09 Å². The summed E-state index contributed by atoms with van der Waals surface area (Å²) in [5.74, 6) is 0. The molecule has 0 aromatic heterocycles. The van der Waals surface area contributed by atoms with E-state index in [1.807, 2.05) is 0 Å². The van der Waals surface area contributed by atoms with Gasteiger partial charge in [-0.1, -0.05) is 0 Å². The van der Waals surface area contributed by atoms with E-state index >= 15 is 0 Å². The van der Waals surface area contributed by atoms with E-state index in [4.69, 9.17) is 5.73 Å². The third-order valence-corrected chi connectivity index (χ3v) is 1.25. The molecule has 0 bridgehead atoms. The smallest absolute Gasteiger partial charge is 0.407 e. The molecular weight excluding hydrogens is 120 g/mol. The fourth-order valence-electron chi connectivity index (χ4n) is 0.783. The van der Waals surface area contributed by atoms with E-state index in [2.05, 4.69) is 10.1 Å². The highest BCUT2D eigenvalue weighted by molar-refractivity contribution is 5.69. The van der Waals surface area contributed by atoms with Crippen molar-refractivity contribution in [1.29, 1.82) is 0 Å². The highest BCUT2D eigenvalue weighted by atomic mass is 16.6. The predicted molar refractivity (Wildman–Crippen MR) is 31.9 cm³/mol. The molecule has 1 aliphatic heterocycles. The maximum absolute atomic E-state index is 10.4. The van der Waals surface area contributed by atoms with Crippen molar-refractivity contribution in [2.24, 2.45) is 5.73 Å². The highest BCUT2D eigenvalue weighted by Crippen LogP contribution is 1.99. The van der Waals surface area contributed by atoms with Crippen LogP contribution in [0, 0.1) is 0 Å². The van der Waals surface area contributed by atoms with Crippen molar-refractivity contribution < 1.29 is 9.53 Å². The molecule has 1 amide bonds. The number of alkyl carbamates (subject to hydrolysis) is 1. The minimum Gasteiger partial charge on any atom is -0.447 e. The lowest BCUT2D eigenvalue weighted by Gasteiger charge is -2.01. The van der Waals surface area contributed by atoms with Crippen molar-refractivity contribution in [3.63, 3.8) is 0 Å². The summed E-state index contributed by atoms with van der Waals surface area (Å²) in [5.41, 5.74) is 5.25. The molecule has 0 aromatic rings. The van der Waals surface area contributed by atoms with Gasteiger partial charge in [0.25, 0.3) is 0 Å². The predicted octanol–water partition coefficient (Wildman–Crippen LogP) is -0.556. The molecule has 0 saturated carbocycles. The van der Waals surface area contributed by atoms with Crippen molar-refractivity contribution in [3.05, 3.63) is 0 Å². The Morgan fingerprint density at radius 2 is 2.67 bits per heavy atom. The van der Waals surface area contributed by atoms with Crippen LogP contribution in [0.1, 0.15) is 6.42 Å². The zero-order chi connectivity index (χ0) is 6.69. The topological polar surface area (TPSA) is 64.3 Å². The van der Waals surface area contributed by atoms with Gasteiger partial charge in [0.1, 0.15) is 6.61 Å². The van der Waals surface area contributed by atoms with Gasteiger partial charge in [0, 0.05) is 0 Å². The summed E-state index contributed by atoms with van der Waals surface area (Å²) in [4.78, 5) is 10.4. The molecule has 1 heterocycles. The van der Waals surface area contributed by atoms with Gasteiger partial charge in [-0.3, -0.25) is 0 Å². The average Bonchev–Trinajstić information content (AvgIpc) is 2.17. The number of rotatable bonds is 2. The van der Waals surface area contributed by atoms with Gasteiger partial charge in [-0.25, -0.2) is 4.79 Å². The monoisotopic (exact) mass is 130 g/mol. The zero-order valence-electron chi connectivity index (χ0n) is 5.09. The van der Waals surface area contributed by atoms with Crippen LogP contribution in [0.25, 0.3) is 0 Å². The van der Waals surface area contributed by atoms with Crippen LogP contribution >= 0.6 is 0 Å². The first-order valence-corrected chi connectivity index (χ1v) is 2.96. The largest absolute Gasteiger partial charge is 0.447 e. The lowest BCUT2D eigenvalue weighted by molar-refractivity contribution is 0.176. The average molecular weight is 130 g/mol. The molecule has 1 fully saturated rings. The van der Waals surface area contributed by atoms with Crippen LogP contribution in [-0.4, -0.2) is 25.3 Å². The number of hydrogen-bond acceptors (Lipinski definition) is 3. The number of carbonyl (C=O) groups excluding carboxylic acids is 1. The van der Waals surface area contributed by atoms with Crippen molar-refractivity contribution in [3.8, 4) is 0 Å². The maximum atomic E-state index is 10.4. The molecule has 0 radical (unpaired) electrons. The Labute approximate surface area is 53.4 Å². The van der Waals surface area contributed by atoms with Gasteiger partial charge in [-0.2, -0.15) is 0 Å². The molecule has 1 atom stereocenters. The van der Waals surface area contributed by atoms with Gasteiger partial charge in [0.2, 0.25) is 0 Å². The van der Waals surface area contributed by atoms with E-state index in [0.29, 0.717) is 13.2 Å². The molecular formula is C5H10N2O2. The third kappa shape index (κ3) is 1.57. The second kappa shape index (κ2) is 2.68. The molecule has 0 spiro atoms. The molecule has 0 aliphatic carbocycles. The second-order valence-electron chi connectivity index (χ2n) is 2.02. The van der Waals surface area contributed by atoms with Gasteiger partial charge in [0.15, 0.2) is 0 Å². The van der Waals surface area contributed by atoms with E-state index in [-0.39, 0.29) is 12.1 Å². The number of cyclic esters (lactones) is 1. The van der Waals surface area contributed by atoms with E-state index < -0.39 is 0 Å². The normalized spacial score (nSPS) is 25.4. The summed E-state index contributed by atoms with van der Waals surface area (Å²) >= 11 is 0. The minimum absolute atomic E-state index is 0.141. The molecule has 0 aromatic carbocycles. The molecule has 1 saturated heterocycles. The minimum atomic E-state index is -0.326. The van der Waals surface area contributed by atoms with Crippen LogP contribution < -0.4 is 11.1 Å². The number of ether oxygens (including phenoxy) is 1. The molecule has 1 aliphatic rings. The number of amides is 1. The number of carbonyl (C=O) groups is 1. The zero-order valence-corrected chi connectivity index (χ0v) is 5.09. The highest BCUT2D eigenvalue weighted by Gasteiger charge is 2.20. The van der Waals surface area contributed by atoms with Crippen LogP contribution in [0.4, 0.5) is 4.79 Å². The summed E-state index contributed by atoms with van der Waals surface area (Å²) in [6.45, 7) is 1.06. The number of hydrogen-bond donors (Lipinski definition) is 2. The Morgan fingerprint density at radius 3 is 3.11 bits per heavy atom. The fraction of sp³-hybridized carbons (Fsp3) is 0.800. The van der Waals surface area contributed by atoms with E-state index in [1.54, 1.807) is 0 Å². The first-order chi connectivity index (χ1) is 4.33. The molecule has 9 heavy (non-hydrogen) atoms.